The SMILES string of the molecule is CCN1C(=O)CC(C)(O)C1(C(=O)OC(C)C)C(=O)OC(C)C. The lowest BCUT2D eigenvalue weighted by atomic mass is 9.81. The van der Waals surface area contributed by atoms with Crippen molar-refractivity contribution in [3.8, 4) is 0 Å². The van der Waals surface area contributed by atoms with Gasteiger partial charge in [-0.2, -0.15) is 0 Å². The van der Waals surface area contributed by atoms with E-state index in [1.807, 2.05) is 0 Å². The molecule has 1 aliphatic heterocycles. The van der Waals surface area contributed by atoms with Crippen LogP contribution in [0.15, 0.2) is 0 Å². The number of carbonyl (C=O) groups is 3. The van der Waals surface area contributed by atoms with Crippen LogP contribution in [0.1, 0.15) is 48.0 Å². The van der Waals surface area contributed by atoms with Gasteiger partial charge in [-0.1, -0.05) is 0 Å². The zero-order valence-corrected chi connectivity index (χ0v) is 14.0. The lowest BCUT2D eigenvalue weighted by Crippen LogP contribution is -2.68. The highest BCUT2D eigenvalue weighted by Crippen LogP contribution is 2.41. The van der Waals surface area contributed by atoms with Crippen molar-refractivity contribution in [2.75, 3.05) is 6.54 Å². The summed E-state index contributed by atoms with van der Waals surface area (Å²) in [7, 11) is 0. The first kappa shape index (κ1) is 18.4. The molecule has 7 nitrogen and oxygen atoms in total. The zero-order valence-electron chi connectivity index (χ0n) is 14.0. The molecule has 1 aliphatic rings. The summed E-state index contributed by atoms with van der Waals surface area (Å²) in [5.41, 5.74) is -4.08. The molecule has 7 heteroatoms. The van der Waals surface area contributed by atoms with Gasteiger partial charge in [0, 0.05) is 6.54 Å². The molecular weight excluding hydrogens is 290 g/mol. The van der Waals surface area contributed by atoms with Gasteiger partial charge in [0.25, 0.3) is 5.54 Å². The van der Waals surface area contributed by atoms with E-state index >= 15 is 0 Å². The molecule has 1 rings (SSSR count). The smallest absolute Gasteiger partial charge is 0.347 e. The van der Waals surface area contributed by atoms with Crippen LogP contribution in [0.3, 0.4) is 0 Å². The molecule has 126 valence electrons. The van der Waals surface area contributed by atoms with Crippen molar-refractivity contribution in [1.82, 2.24) is 4.90 Å². The van der Waals surface area contributed by atoms with Crippen molar-refractivity contribution >= 4 is 17.8 Å². The maximum Gasteiger partial charge on any atom is 0.347 e. The Morgan fingerprint density at radius 3 is 1.91 bits per heavy atom. The van der Waals surface area contributed by atoms with Gasteiger partial charge in [0.2, 0.25) is 5.91 Å². The molecule has 1 atom stereocenters. The van der Waals surface area contributed by atoms with Gasteiger partial charge < -0.3 is 19.5 Å². The number of rotatable bonds is 5. The minimum Gasteiger partial charge on any atom is -0.461 e. The van der Waals surface area contributed by atoms with Gasteiger partial charge in [-0.25, -0.2) is 9.59 Å². The standard InChI is InChI=1S/C15H25NO6/c1-7-16-11(17)8-14(6,20)15(16,12(18)21-9(2)3)13(19)22-10(4)5/h9-10,20H,7-8H2,1-6H3. The maximum atomic E-state index is 12.7. The lowest BCUT2D eigenvalue weighted by Gasteiger charge is -2.40. The van der Waals surface area contributed by atoms with E-state index in [9.17, 15) is 19.5 Å². The molecular formula is C15H25NO6. The van der Waals surface area contributed by atoms with E-state index in [4.69, 9.17) is 9.47 Å². The zero-order chi connectivity index (χ0) is 17.3. The summed E-state index contributed by atoms with van der Waals surface area (Å²) in [6, 6.07) is 0. The van der Waals surface area contributed by atoms with Gasteiger partial charge in [0.05, 0.1) is 18.6 Å². The third-order valence-corrected chi connectivity index (χ3v) is 3.57. The predicted octanol–water partition coefficient (Wildman–Crippen LogP) is 0.632. The van der Waals surface area contributed by atoms with Gasteiger partial charge in [0.1, 0.15) is 5.60 Å². The molecule has 1 N–H and O–H groups in total. The summed E-state index contributed by atoms with van der Waals surface area (Å²) in [5, 5.41) is 10.7. The number of likely N-dealkylation sites (N-methyl/N-ethyl adjacent to an activating group) is 1. The normalized spacial score (nSPS) is 24.0. The number of hydrogen-bond acceptors (Lipinski definition) is 6. The molecule has 1 fully saturated rings. The van der Waals surface area contributed by atoms with Crippen molar-refractivity contribution in [3.63, 3.8) is 0 Å². The van der Waals surface area contributed by atoms with Crippen molar-refractivity contribution in [1.29, 1.82) is 0 Å². The number of esters is 2. The average molecular weight is 315 g/mol. The van der Waals surface area contributed by atoms with Crippen molar-refractivity contribution in [2.45, 2.75) is 71.3 Å². The highest BCUT2D eigenvalue weighted by Gasteiger charge is 2.71. The molecule has 1 amide bonds. The van der Waals surface area contributed by atoms with E-state index in [0.717, 1.165) is 4.90 Å². The van der Waals surface area contributed by atoms with Gasteiger partial charge in [-0.15, -0.1) is 0 Å². The number of ether oxygens (including phenoxy) is 2. The fourth-order valence-electron chi connectivity index (χ4n) is 2.75. The summed E-state index contributed by atoms with van der Waals surface area (Å²) >= 11 is 0. The first-order valence-corrected chi connectivity index (χ1v) is 7.45. The second-order valence-electron chi connectivity index (χ2n) is 6.21. The van der Waals surface area contributed by atoms with Gasteiger partial charge in [-0.05, 0) is 41.5 Å². The van der Waals surface area contributed by atoms with Crippen LogP contribution in [0.5, 0.6) is 0 Å². The second-order valence-corrected chi connectivity index (χ2v) is 6.21. The highest BCUT2D eigenvalue weighted by atomic mass is 16.6. The molecule has 1 heterocycles. The van der Waals surface area contributed by atoms with E-state index in [2.05, 4.69) is 0 Å². The fraction of sp³-hybridized carbons (Fsp3) is 0.800. The summed E-state index contributed by atoms with van der Waals surface area (Å²) < 4.78 is 10.3. The summed E-state index contributed by atoms with van der Waals surface area (Å²) in [4.78, 5) is 38.5. The minimum absolute atomic E-state index is 0.0787. The van der Waals surface area contributed by atoms with Crippen LogP contribution < -0.4 is 0 Å². The Labute approximate surface area is 130 Å². The van der Waals surface area contributed by atoms with Crippen LogP contribution in [0, 0.1) is 0 Å². The number of nitrogens with zero attached hydrogens (tertiary/aromatic N) is 1. The Hall–Kier alpha value is -1.63. The molecule has 0 spiro atoms. The molecule has 0 bridgehead atoms. The van der Waals surface area contributed by atoms with Crippen LogP contribution >= 0.6 is 0 Å². The summed E-state index contributed by atoms with van der Waals surface area (Å²) in [5.74, 6) is -2.43. The second kappa shape index (κ2) is 6.24. The number of carbonyl (C=O) groups excluding carboxylic acids is 3. The number of aliphatic hydroxyl groups is 1. The Kier molecular flexibility index (Phi) is 5.22. The number of amides is 1. The van der Waals surface area contributed by atoms with E-state index < -0.39 is 41.2 Å². The fourth-order valence-corrected chi connectivity index (χ4v) is 2.75. The Morgan fingerprint density at radius 1 is 1.18 bits per heavy atom. The van der Waals surface area contributed by atoms with Gasteiger partial charge in [0.15, 0.2) is 0 Å². The Bertz CT molecular complexity index is 447. The molecule has 1 unspecified atom stereocenters. The van der Waals surface area contributed by atoms with Crippen molar-refractivity contribution < 1.29 is 29.0 Å². The van der Waals surface area contributed by atoms with Crippen LogP contribution in [-0.4, -0.2) is 57.7 Å². The minimum atomic E-state index is -2.17. The average Bonchev–Trinajstić information content (AvgIpc) is 2.52. The molecule has 0 aromatic rings. The molecule has 0 aliphatic carbocycles. The molecule has 0 aromatic carbocycles. The van der Waals surface area contributed by atoms with E-state index in [-0.39, 0.29) is 13.0 Å². The van der Waals surface area contributed by atoms with E-state index in [1.165, 1.54) is 6.92 Å². The summed E-state index contributed by atoms with van der Waals surface area (Å²) in [6.07, 6.45) is -1.34. The molecule has 1 saturated heterocycles. The Morgan fingerprint density at radius 2 is 1.59 bits per heavy atom. The van der Waals surface area contributed by atoms with E-state index in [0.29, 0.717) is 0 Å². The Balaban J connectivity index is 3.46. The van der Waals surface area contributed by atoms with Gasteiger partial charge in [-0.3, -0.25) is 4.79 Å². The quantitative estimate of drug-likeness (QED) is 0.591. The maximum absolute atomic E-state index is 12.7. The highest BCUT2D eigenvalue weighted by molar-refractivity contribution is 6.12. The van der Waals surface area contributed by atoms with Crippen molar-refractivity contribution in [2.24, 2.45) is 0 Å². The first-order chi connectivity index (χ1) is 10.0. The summed E-state index contributed by atoms with van der Waals surface area (Å²) in [6.45, 7) is 9.49. The van der Waals surface area contributed by atoms with Gasteiger partial charge >= 0.3 is 11.9 Å². The monoisotopic (exact) mass is 315 g/mol. The topological polar surface area (TPSA) is 93.1 Å². The molecule has 22 heavy (non-hydrogen) atoms. The van der Waals surface area contributed by atoms with Crippen LogP contribution in [0.2, 0.25) is 0 Å². The lowest BCUT2D eigenvalue weighted by molar-refractivity contribution is -0.192. The number of hydrogen-bond donors (Lipinski definition) is 1. The largest absolute Gasteiger partial charge is 0.461 e. The first-order valence-electron chi connectivity index (χ1n) is 7.45. The third-order valence-electron chi connectivity index (χ3n) is 3.57. The van der Waals surface area contributed by atoms with Crippen LogP contribution in [0.25, 0.3) is 0 Å². The van der Waals surface area contributed by atoms with E-state index in [1.54, 1.807) is 34.6 Å². The van der Waals surface area contributed by atoms with Crippen LogP contribution in [-0.2, 0) is 23.9 Å². The molecule has 0 aromatic heterocycles. The predicted molar refractivity (Wildman–Crippen MR) is 77.8 cm³/mol. The number of likely N-dealkylation sites (tertiary alicyclic amines) is 1. The van der Waals surface area contributed by atoms with Crippen molar-refractivity contribution in [3.05, 3.63) is 0 Å². The molecule has 0 radical (unpaired) electrons. The molecule has 0 saturated carbocycles. The third kappa shape index (κ3) is 2.82. The van der Waals surface area contributed by atoms with Crippen LogP contribution in [0.4, 0.5) is 0 Å².